The Morgan fingerprint density at radius 3 is 1.87 bits per heavy atom. The number of carbonyl (C=O) groups is 3. The van der Waals surface area contributed by atoms with Crippen LogP contribution in [0.1, 0.15) is 6.92 Å². The standard InChI is InChI=1S/C8H11ClO6/c1-4(10)15-6(8(12)14-3)5(9)7(11)13-2/h5-6H,1-3H3/t5-,6+/m0/s1. The number of hydrogen-bond acceptors (Lipinski definition) is 6. The van der Waals surface area contributed by atoms with E-state index in [1.165, 1.54) is 0 Å². The van der Waals surface area contributed by atoms with E-state index < -0.39 is 29.4 Å². The maximum Gasteiger partial charge on any atom is 0.349 e. The van der Waals surface area contributed by atoms with Crippen molar-refractivity contribution in [3.05, 3.63) is 0 Å². The van der Waals surface area contributed by atoms with Crippen LogP contribution in [0, 0.1) is 0 Å². The summed E-state index contributed by atoms with van der Waals surface area (Å²) in [6.07, 6.45) is -1.50. The van der Waals surface area contributed by atoms with Crippen LogP contribution in [0.25, 0.3) is 0 Å². The molecule has 7 heteroatoms. The molecule has 6 nitrogen and oxygen atoms in total. The van der Waals surface area contributed by atoms with Crippen LogP contribution in [0.3, 0.4) is 0 Å². The summed E-state index contributed by atoms with van der Waals surface area (Å²) in [5, 5.41) is -1.42. The molecule has 0 aliphatic heterocycles. The van der Waals surface area contributed by atoms with Crippen molar-refractivity contribution < 1.29 is 28.6 Å². The van der Waals surface area contributed by atoms with Crippen molar-refractivity contribution >= 4 is 29.5 Å². The molecular formula is C8H11ClO6. The second-order valence-corrected chi connectivity index (χ2v) is 2.95. The molecule has 0 saturated heterocycles. The molecule has 0 aromatic heterocycles. The highest BCUT2D eigenvalue weighted by atomic mass is 35.5. The van der Waals surface area contributed by atoms with E-state index in [9.17, 15) is 14.4 Å². The number of halogens is 1. The first-order valence-electron chi connectivity index (χ1n) is 3.91. The van der Waals surface area contributed by atoms with Gasteiger partial charge in [-0.25, -0.2) is 4.79 Å². The van der Waals surface area contributed by atoms with E-state index >= 15 is 0 Å². The highest BCUT2D eigenvalue weighted by Crippen LogP contribution is 2.11. The van der Waals surface area contributed by atoms with E-state index in [0.29, 0.717) is 0 Å². The van der Waals surface area contributed by atoms with Gasteiger partial charge in [0, 0.05) is 6.92 Å². The maximum atomic E-state index is 11.1. The third-order valence-electron chi connectivity index (χ3n) is 1.42. The lowest BCUT2D eigenvalue weighted by Crippen LogP contribution is -2.40. The molecule has 0 rings (SSSR count). The van der Waals surface area contributed by atoms with Crippen molar-refractivity contribution in [2.45, 2.75) is 18.4 Å². The van der Waals surface area contributed by atoms with E-state index in [-0.39, 0.29) is 0 Å². The van der Waals surface area contributed by atoms with Crippen molar-refractivity contribution in [2.24, 2.45) is 0 Å². The molecule has 15 heavy (non-hydrogen) atoms. The van der Waals surface area contributed by atoms with Crippen LogP contribution < -0.4 is 0 Å². The fourth-order valence-corrected chi connectivity index (χ4v) is 1.00. The van der Waals surface area contributed by atoms with Crippen molar-refractivity contribution in [1.29, 1.82) is 0 Å². The molecule has 0 aliphatic carbocycles. The Morgan fingerprint density at radius 2 is 1.53 bits per heavy atom. The van der Waals surface area contributed by atoms with Gasteiger partial charge in [0.15, 0.2) is 5.38 Å². The lowest BCUT2D eigenvalue weighted by molar-refractivity contribution is -0.168. The third-order valence-corrected chi connectivity index (χ3v) is 1.83. The summed E-state index contributed by atoms with van der Waals surface area (Å²) in [6.45, 7) is 1.08. The maximum absolute atomic E-state index is 11.1. The Hall–Kier alpha value is -1.30. The van der Waals surface area contributed by atoms with Gasteiger partial charge in [-0.05, 0) is 0 Å². The van der Waals surface area contributed by atoms with E-state index in [1.54, 1.807) is 0 Å². The molecule has 86 valence electrons. The Kier molecular flexibility index (Phi) is 5.69. The highest BCUT2D eigenvalue weighted by molar-refractivity contribution is 6.31. The summed E-state index contributed by atoms with van der Waals surface area (Å²) in [4.78, 5) is 32.8. The summed E-state index contributed by atoms with van der Waals surface area (Å²) in [5.74, 6) is -2.55. The number of carbonyl (C=O) groups excluding carboxylic acids is 3. The molecule has 0 N–H and O–H groups in total. The number of methoxy groups -OCH3 is 2. The predicted molar refractivity (Wildman–Crippen MR) is 49.2 cm³/mol. The largest absolute Gasteiger partial charge is 0.468 e. The monoisotopic (exact) mass is 238 g/mol. The van der Waals surface area contributed by atoms with Crippen LogP contribution in [-0.2, 0) is 28.6 Å². The molecule has 0 spiro atoms. The Balaban J connectivity index is 4.68. The normalized spacial score (nSPS) is 13.6. The molecule has 0 fully saturated rings. The summed E-state index contributed by atoms with van der Waals surface area (Å²) < 4.78 is 13.2. The van der Waals surface area contributed by atoms with Crippen LogP contribution in [0.4, 0.5) is 0 Å². The Bertz CT molecular complexity index is 264. The predicted octanol–water partition coefficient (Wildman–Crippen LogP) is -0.129. The quantitative estimate of drug-likeness (QED) is 0.386. The molecule has 0 saturated carbocycles. The van der Waals surface area contributed by atoms with Crippen LogP contribution in [0.5, 0.6) is 0 Å². The SMILES string of the molecule is COC(=O)[C@@H](Cl)[C@@H](OC(C)=O)C(=O)OC. The van der Waals surface area contributed by atoms with Crippen LogP contribution in [0.15, 0.2) is 0 Å². The van der Waals surface area contributed by atoms with Gasteiger partial charge < -0.3 is 14.2 Å². The number of rotatable bonds is 4. The second-order valence-electron chi connectivity index (χ2n) is 2.48. The molecule has 0 heterocycles. The average molecular weight is 239 g/mol. The van der Waals surface area contributed by atoms with Crippen LogP contribution >= 0.6 is 11.6 Å². The van der Waals surface area contributed by atoms with Gasteiger partial charge in [0.2, 0.25) is 6.10 Å². The lowest BCUT2D eigenvalue weighted by Gasteiger charge is -2.17. The number of ether oxygens (including phenoxy) is 3. The van der Waals surface area contributed by atoms with E-state index in [1.807, 2.05) is 0 Å². The van der Waals surface area contributed by atoms with Crippen molar-refractivity contribution in [1.82, 2.24) is 0 Å². The van der Waals surface area contributed by atoms with Crippen LogP contribution in [-0.4, -0.2) is 43.6 Å². The van der Waals surface area contributed by atoms with Crippen LogP contribution in [0.2, 0.25) is 0 Å². The fraction of sp³-hybridized carbons (Fsp3) is 0.625. The first-order chi connectivity index (χ1) is 6.93. The van der Waals surface area contributed by atoms with Gasteiger partial charge in [-0.1, -0.05) is 0 Å². The lowest BCUT2D eigenvalue weighted by atomic mass is 10.2. The Morgan fingerprint density at radius 1 is 1.07 bits per heavy atom. The third kappa shape index (κ3) is 4.16. The van der Waals surface area contributed by atoms with E-state index in [0.717, 1.165) is 21.1 Å². The summed E-state index contributed by atoms with van der Waals surface area (Å²) in [5.41, 5.74) is 0. The van der Waals surface area contributed by atoms with E-state index in [2.05, 4.69) is 14.2 Å². The smallest absolute Gasteiger partial charge is 0.349 e. The molecule has 0 aliphatic rings. The highest BCUT2D eigenvalue weighted by Gasteiger charge is 2.36. The minimum atomic E-state index is -1.50. The molecule has 0 aromatic carbocycles. The second kappa shape index (κ2) is 6.23. The van der Waals surface area contributed by atoms with E-state index in [4.69, 9.17) is 11.6 Å². The van der Waals surface area contributed by atoms with Gasteiger partial charge >= 0.3 is 17.9 Å². The van der Waals surface area contributed by atoms with Gasteiger partial charge in [0.05, 0.1) is 14.2 Å². The summed E-state index contributed by atoms with van der Waals surface area (Å²) >= 11 is 5.56. The zero-order valence-electron chi connectivity index (χ0n) is 8.48. The molecule has 0 aromatic rings. The number of alkyl halides is 1. The van der Waals surface area contributed by atoms with Gasteiger partial charge in [-0.15, -0.1) is 11.6 Å². The van der Waals surface area contributed by atoms with Gasteiger partial charge in [0.25, 0.3) is 0 Å². The molecule has 0 bridgehead atoms. The Labute approximate surface area is 91.4 Å². The molecule has 2 atom stereocenters. The molecule has 0 amide bonds. The zero-order valence-corrected chi connectivity index (χ0v) is 9.24. The first-order valence-corrected chi connectivity index (χ1v) is 4.34. The van der Waals surface area contributed by atoms with Crippen molar-refractivity contribution in [3.63, 3.8) is 0 Å². The minimum absolute atomic E-state index is 0.750. The topological polar surface area (TPSA) is 78.9 Å². The minimum Gasteiger partial charge on any atom is -0.468 e. The summed E-state index contributed by atoms with van der Waals surface area (Å²) in [7, 11) is 2.18. The summed E-state index contributed by atoms with van der Waals surface area (Å²) in [6, 6.07) is 0. The van der Waals surface area contributed by atoms with Gasteiger partial charge in [-0.2, -0.15) is 0 Å². The number of esters is 3. The molecule has 0 radical (unpaired) electrons. The van der Waals surface area contributed by atoms with Gasteiger partial charge in [-0.3, -0.25) is 9.59 Å². The van der Waals surface area contributed by atoms with Gasteiger partial charge in [0.1, 0.15) is 0 Å². The molecular weight excluding hydrogens is 228 g/mol. The van der Waals surface area contributed by atoms with Crippen molar-refractivity contribution in [3.8, 4) is 0 Å². The first kappa shape index (κ1) is 13.7. The zero-order chi connectivity index (χ0) is 12.0. The fourth-order valence-electron chi connectivity index (χ4n) is 0.758. The average Bonchev–Trinajstić information content (AvgIpc) is 2.22. The van der Waals surface area contributed by atoms with Crippen molar-refractivity contribution in [2.75, 3.05) is 14.2 Å². The molecule has 0 unspecified atom stereocenters. The number of hydrogen-bond donors (Lipinski definition) is 0.